The third kappa shape index (κ3) is 3.37. The average Bonchev–Trinajstić information content (AvgIpc) is 3.30. The zero-order valence-corrected chi connectivity index (χ0v) is 17.2. The number of hydrogen-bond acceptors (Lipinski definition) is 4. The first-order valence-electron chi connectivity index (χ1n) is 10.6. The molecule has 0 N–H and O–H groups in total. The Morgan fingerprint density at radius 2 is 1.77 bits per heavy atom. The number of amides is 1. The van der Waals surface area contributed by atoms with E-state index < -0.39 is 0 Å². The minimum atomic E-state index is 0.0348. The van der Waals surface area contributed by atoms with Crippen LogP contribution in [0.1, 0.15) is 29.0 Å². The SMILES string of the molecule is C[C@@H]1c2cccn2CCN1C(=O)c1ccc(-c2ccccc2)nc1N1CCOCC1. The van der Waals surface area contributed by atoms with Crippen molar-refractivity contribution in [2.75, 3.05) is 37.7 Å². The Hall–Kier alpha value is -3.12. The molecule has 2 aliphatic rings. The first kappa shape index (κ1) is 18.9. The number of pyridine rings is 1. The summed E-state index contributed by atoms with van der Waals surface area (Å²) in [5.41, 5.74) is 3.78. The summed E-state index contributed by atoms with van der Waals surface area (Å²) >= 11 is 0. The summed E-state index contributed by atoms with van der Waals surface area (Å²) in [6, 6.07) is 18.2. The molecule has 2 aromatic heterocycles. The van der Waals surface area contributed by atoms with Crippen molar-refractivity contribution in [2.45, 2.75) is 19.5 Å². The highest BCUT2D eigenvalue weighted by Crippen LogP contribution is 2.31. The van der Waals surface area contributed by atoms with Crippen LogP contribution in [0, 0.1) is 0 Å². The van der Waals surface area contributed by atoms with Crippen molar-refractivity contribution in [1.82, 2.24) is 14.5 Å². The van der Waals surface area contributed by atoms with Gasteiger partial charge in [-0.25, -0.2) is 4.98 Å². The van der Waals surface area contributed by atoms with Crippen LogP contribution in [-0.4, -0.2) is 53.2 Å². The lowest BCUT2D eigenvalue weighted by Crippen LogP contribution is -2.42. The summed E-state index contributed by atoms with van der Waals surface area (Å²) in [6.45, 7) is 6.40. The van der Waals surface area contributed by atoms with Gasteiger partial charge >= 0.3 is 0 Å². The van der Waals surface area contributed by atoms with Crippen molar-refractivity contribution >= 4 is 11.7 Å². The van der Waals surface area contributed by atoms with Crippen LogP contribution in [0.25, 0.3) is 11.3 Å². The van der Waals surface area contributed by atoms with Gasteiger partial charge in [-0.1, -0.05) is 30.3 Å². The van der Waals surface area contributed by atoms with E-state index in [1.54, 1.807) is 0 Å². The topological polar surface area (TPSA) is 50.6 Å². The highest BCUT2D eigenvalue weighted by atomic mass is 16.5. The van der Waals surface area contributed by atoms with Gasteiger partial charge in [0.2, 0.25) is 0 Å². The standard InChI is InChI=1S/C24H26N4O2/c1-18-22-8-5-11-26(22)12-13-28(18)24(29)20-9-10-21(19-6-3-2-4-7-19)25-23(20)27-14-16-30-17-15-27/h2-11,18H,12-17H2,1H3/t18-/m1/s1. The summed E-state index contributed by atoms with van der Waals surface area (Å²) in [5, 5.41) is 0. The smallest absolute Gasteiger partial charge is 0.258 e. The summed E-state index contributed by atoms with van der Waals surface area (Å²) in [7, 11) is 0. The number of benzene rings is 1. The summed E-state index contributed by atoms with van der Waals surface area (Å²) in [4.78, 5) is 22.8. The molecule has 4 heterocycles. The molecule has 6 nitrogen and oxygen atoms in total. The van der Waals surface area contributed by atoms with E-state index in [9.17, 15) is 4.79 Å². The molecule has 0 spiro atoms. The molecule has 5 rings (SSSR count). The largest absolute Gasteiger partial charge is 0.378 e. The van der Waals surface area contributed by atoms with Crippen molar-refractivity contribution < 1.29 is 9.53 Å². The van der Waals surface area contributed by atoms with Crippen LogP contribution in [0.3, 0.4) is 0 Å². The Morgan fingerprint density at radius 3 is 2.57 bits per heavy atom. The minimum Gasteiger partial charge on any atom is -0.378 e. The van der Waals surface area contributed by atoms with Gasteiger partial charge in [-0.3, -0.25) is 4.79 Å². The Bertz CT molecular complexity index is 1040. The van der Waals surface area contributed by atoms with E-state index >= 15 is 0 Å². The molecule has 1 fully saturated rings. The Labute approximate surface area is 176 Å². The number of aromatic nitrogens is 2. The third-order valence-electron chi connectivity index (χ3n) is 6.09. The van der Waals surface area contributed by atoms with E-state index in [2.05, 4.69) is 34.7 Å². The van der Waals surface area contributed by atoms with E-state index in [0.717, 1.165) is 36.7 Å². The van der Waals surface area contributed by atoms with Gasteiger partial charge < -0.3 is 19.1 Å². The van der Waals surface area contributed by atoms with Crippen LogP contribution >= 0.6 is 0 Å². The first-order valence-corrected chi connectivity index (χ1v) is 10.6. The van der Waals surface area contributed by atoms with E-state index in [1.165, 1.54) is 5.69 Å². The van der Waals surface area contributed by atoms with Gasteiger partial charge in [-0.05, 0) is 31.2 Å². The van der Waals surface area contributed by atoms with E-state index in [-0.39, 0.29) is 11.9 Å². The van der Waals surface area contributed by atoms with E-state index in [0.29, 0.717) is 25.3 Å². The van der Waals surface area contributed by atoms with Crippen molar-refractivity contribution in [3.8, 4) is 11.3 Å². The number of anilines is 1. The summed E-state index contributed by atoms with van der Waals surface area (Å²) in [6.07, 6.45) is 2.09. The second kappa shape index (κ2) is 7.95. The second-order valence-corrected chi connectivity index (χ2v) is 7.83. The minimum absolute atomic E-state index is 0.0348. The van der Waals surface area contributed by atoms with Gasteiger partial charge in [0.1, 0.15) is 5.82 Å². The van der Waals surface area contributed by atoms with Crippen molar-refractivity contribution in [3.63, 3.8) is 0 Å². The number of morpholine rings is 1. The maximum atomic E-state index is 13.7. The molecule has 3 aromatic rings. The van der Waals surface area contributed by atoms with Gasteiger partial charge in [-0.15, -0.1) is 0 Å². The summed E-state index contributed by atoms with van der Waals surface area (Å²) in [5.74, 6) is 0.807. The van der Waals surface area contributed by atoms with Gasteiger partial charge in [0.15, 0.2) is 0 Å². The maximum absolute atomic E-state index is 13.7. The van der Waals surface area contributed by atoms with Crippen LogP contribution in [0.4, 0.5) is 5.82 Å². The number of carbonyl (C=O) groups excluding carboxylic acids is 1. The molecular formula is C24H26N4O2. The van der Waals surface area contributed by atoms with Gasteiger partial charge in [0.05, 0.1) is 30.5 Å². The van der Waals surface area contributed by atoms with Crippen LogP contribution in [-0.2, 0) is 11.3 Å². The van der Waals surface area contributed by atoms with Crippen LogP contribution in [0.5, 0.6) is 0 Å². The molecule has 0 aliphatic carbocycles. The molecule has 6 heteroatoms. The van der Waals surface area contributed by atoms with Crippen molar-refractivity contribution in [3.05, 3.63) is 72.1 Å². The fraction of sp³-hybridized carbons (Fsp3) is 0.333. The molecule has 0 unspecified atom stereocenters. The number of carbonyl (C=O) groups is 1. The van der Waals surface area contributed by atoms with Gasteiger partial charge in [0.25, 0.3) is 5.91 Å². The fourth-order valence-corrected chi connectivity index (χ4v) is 4.41. The van der Waals surface area contributed by atoms with Crippen LogP contribution < -0.4 is 4.90 Å². The predicted octanol–water partition coefficient (Wildman–Crippen LogP) is 3.60. The molecule has 154 valence electrons. The van der Waals surface area contributed by atoms with Gasteiger partial charge in [0, 0.05) is 43.6 Å². The Morgan fingerprint density at radius 1 is 0.967 bits per heavy atom. The Balaban J connectivity index is 1.53. The van der Waals surface area contributed by atoms with Crippen molar-refractivity contribution in [2.24, 2.45) is 0 Å². The lowest BCUT2D eigenvalue weighted by molar-refractivity contribution is 0.0643. The lowest BCUT2D eigenvalue weighted by Gasteiger charge is -2.36. The van der Waals surface area contributed by atoms with E-state index in [1.807, 2.05) is 47.4 Å². The molecule has 1 aromatic carbocycles. The quantitative estimate of drug-likeness (QED) is 0.672. The molecule has 0 radical (unpaired) electrons. The molecule has 2 aliphatic heterocycles. The zero-order chi connectivity index (χ0) is 20.5. The van der Waals surface area contributed by atoms with Crippen LogP contribution in [0.2, 0.25) is 0 Å². The number of rotatable bonds is 3. The maximum Gasteiger partial charge on any atom is 0.258 e. The molecular weight excluding hydrogens is 376 g/mol. The van der Waals surface area contributed by atoms with Crippen LogP contribution in [0.15, 0.2) is 60.8 Å². The predicted molar refractivity (Wildman–Crippen MR) is 117 cm³/mol. The Kier molecular flexibility index (Phi) is 5.01. The third-order valence-corrected chi connectivity index (χ3v) is 6.09. The molecule has 0 bridgehead atoms. The van der Waals surface area contributed by atoms with Crippen molar-refractivity contribution in [1.29, 1.82) is 0 Å². The van der Waals surface area contributed by atoms with Gasteiger partial charge in [-0.2, -0.15) is 0 Å². The molecule has 1 saturated heterocycles. The molecule has 1 atom stereocenters. The van der Waals surface area contributed by atoms with E-state index in [4.69, 9.17) is 9.72 Å². The summed E-state index contributed by atoms with van der Waals surface area (Å²) < 4.78 is 7.76. The highest BCUT2D eigenvalue weighted by Gasteiger charge is 2.31. The first-order chi connectivity index (χ1) is 14.7. The lowest BCUT2D eigenvalue weighted by atomic mass is 10.1. The highest BCUT2D eigenvalue weighted by molar-refractivity contribution is 5.99. The second-order valence-electron chi connectivity index (χ2n) is 7.83. The number of nitrogens with zero attached hydrogens (tertiary/aromatic N) is 4. The average molecular weight is 402 g/mol. The fourth-order valence-electron chi connectivity index (χ4n) is 4.41. The molecule has 1 amide bonds. The monoisotopic (exact) mass is 402 g/mol. The number of fused-ring (bicyclic) bond motifs is 1. The zero-order valence-electron chi connectivity index (χ0n) is 17.2. The molecule has 0 saturated carbocycles. The number of ether oxygens (including phenoxy) is 1. The number of hydrogen-bond donors (Lipinski definition) is 0. The normalized spacial score (nSPS) is 18.9. The molecule has 30 heavy (non-hydrogen) atoms.